The lowest BCUT2D eigenvalue weighted by Crippen LogP contribution is -2.18. The molecule has 3 aromatic rings. The number of halogens is 4. The van der Waals surface area contributed by atoms with E-state index in [2.05, 4.69) is 37.5 Å². The molecule has 1 aliphatic carbocycles. The van der Waals surface area contributed by atoms with E-state index >= 15 is 0 Å². The maximum absolute atomic E-state index is 12.6. The van der Waals surface area contributed by atoms with Crippen LogP contribution in [0.15, 0.2) is 42.6 Å². The molecule has 4 rings (SSSR count). The zero-order chi connectivity index (χ0) is 24.3. The van der Waals surface area contributed by atoms with Crippen LogP contribution in [0.3, 0.4) is 0 Å². The SMILES string of the molecule is CP(C)c1cc(OC(F)(F)F)ccc1Nc1nc(Nc2ccc3c(c2)CCCCC3)ncc1Cl. The third-order valence-corrected chi connectivity index (χ3v) is 7.15. The highest BCUT2D eigenvalue weighted by Gasteiger charge is 2.31. The van der Waals surface area contributed by atoms with Crippen molar-refractivity contribution >= 4 is 48.0 Å². The lowest BCUT2D eigenvalue weighted by Gasteiger charge is -2.18. The van der Waals surface area contributed by atoms with E-state index in [1.54, 1.807) is 0 Å². The highest BCUT2D eigenvalue weighted by atomic mass is 35.5. The van der Waals surface area contributed by atoms with Gasteiger partial charge in [0.2, 0.25) is 5.95 Å². The molecule has 0 saturated heterocycles. The van der Waals surface area contributed by atoms with E-state index in [4.69, 9.17) is 11.6 Å². The first kappa shape index (κ1) is 24.6. The molecular weight excluding hydrogens is 484 g/mol. The maximum Gasteiger partial charge on any atom is 0.573 e. The molecule has 2 aromatic carbocycles. The van der Waals surface area contributed by atoms with E-state index in [0.717, 1.165) is 18.5 Å². The number of rotatable bonds is 6. The fourth-order valence-corrected chi connectivity index (χ4v) is 5.08. The largest absolute Gasteiger partial charge is 0.573 e. The molecule has 0 aliphatic heterocycles. The van der Waals surface area contributed by atoms with Crippen LogP contribution in [0.4, 0.5) is 36.3 Å². The number of ether oxygens (including phenoxy) is 1. The van der Waals surface area contributed by atoms with Crippen molar-refractivity contribution in [1.82, 2.24) is 9.97 Å². The summed E-state index contributed by atoms with van der Waals surface area (Å²) >= 11 is 6.33. The first-order valence-electron chi connectivity index (χ1n) is 10.9. The van der Waals surface area contributed by atoms with Gasteiger partial charge in [-0.1, -0.05) is 32.0 Å². The van der Waals surface area contributed by atoms with Crippen LogP contribution in [-0.4, -0.2) is 29.7 Å². The number of alkyl halides is 3. The second kappa shape index (κ2) is 10.4. The normalized spacial score (nSPS) is 13.9. The maximum atomic E-state index is 12.6. The van der Waals surface area contributed by atoms with E-state index < -0.39 is 14.3 Å². The molecule has 0 radical (unpaired) electrons. The van der Waals surface area contributed by atoms with Crippen molar-refractivity contribution in [2.75, 3.05) is 24.0 Å². The van der Waals surface area contributed by atoms with E-state index in [0.29, 0.717) is 27.8 Å². The van der Waals surface area contributed by atoms with Crippen LogP contribution in [-0.2, 0) is 12.8 Å². The van der Waals surface area contributed by atoms with Gasteiger partial charge >= 0.3 is 6.36 Å². The summed E-state index contributed by atoms with van der Waals surface area (Å²) in [7, 11) is -0.747. The molecule has 1 aliphatic rings. The predicted molar refractivity (Wildman–Crippen MR) is 133 cm³/mol. The standard InChI is InChI=1S/C24H25ClF3N4OP/c1-34(2)21-13-18(33-24(26,27)28)10-11-20(21)31-22-19(25)14-29-23(32-22)30-17-9-8-15-6-4-3-5-7-16(15)12-17/h8-14H,3-7H2,1-2H3,(H2,29,30,31,32). The van der Waals surface area contributed by atoms with Crippen molar-refractivity contribution in [2.45, 2.75) is 38.5 Å². The Labute approximate surface area is 202 Å². The van der Waals surface area contributed by atoms with Gasteiger partial charge in [-0.15, -0.1) is 13.2 Å². The number of aromatic nitrogens is 2. The topological polar surface area (TPSA) is 59.1 Å². The Balaban J connectivity index is 1.56. The summed E-state index contributed by atoms with van der Waals surface area (Å²) in [6.07, 6.45) is 2.57. The minimum atomic E-state index is -4.75. The Morgan fingerprint density at radius 1 is 0.971 bits per heavy atom. The summed E-state index contributed by atoms with van der Waals surface area (Å²) < 4.78 is 42.0. The third-order valence-electron chi connectivity index (χ3n) is 5.54. The van der Waals surface area contributed by atoms with Crippen LogP contribution in [0, 0.1) is 0 Å². The smallest absolute Gasteiger partial charge is 0.406 e. The van der Waals surface area contributed by atoms with Crippen LogP contribution in [0.5, 0.6) is 5.75 Å². The van der Waals surface area contributed by atoms with Gasteiger partial charge < -0.3 is 15.4 Å². The van der Waals surface area contributed by atoms with Crippen molar-refractivity contribution in [3.63, 3.8) is 0 Å². The van der Waals surface area contributed by atoms with E-state index in [-0.39, 0.29) is 5.75 Å². The second-order valence-corrected chi connectivity index (χ2v) is 11.0. The van der Waals surface area contributed by atoms with Gasteiger partial charge in [-0.3, -0.25) is 0 Å². The van der Waals surface area contributed by atoms with Crippen LogP contribution in [0.1, 0.15) is 30.4 Å². The number of nitrogens with one attached hydrogen (secondary N) is 2. The van der Waals surface area contributed by atoms with Gasteiger partial charge in [0.05, 0.1) is 6.20 Å². The monoisotopic (exact) mass is 508 g/mol. The zero-order valence-corrected chi connectivity index (χ0v) is 20.5. The van der Waals surface area contributed by atoms with Crippen LogP contribution in [0.25, 0.3) is 0 Å². The summed E-state index contributed by atoms with van der Waals surface area (Å²) in [5.74, 6) is 0.467. The van der Waals surface area contributed by atoms with E-state index in [1.165, 1.54) is 54.8 Å². The molecule has 34 heavy (non-hydrogen) atoms. The van der Waals surface area contributed by atoms with E-state index in [9.17, 15) is 13.2 Å². The highest BCUT2D eigenvalue weighted by molar-refractivity contribution is 7.64. The second-order valence-electron chi connectivity index (χ2n) is 8.31. The highest BCUT2D eigenvalue weighted by Crippen LogP contribution is 2.35. The molecule has 0 unspecified atom stereocenters. The molecule has 180 valence electrons. The molecule has 2 N–H and O–H groups in total. The van der Waals surface area contributed by atoms with Gasteiger partial charge in [0.15, 0.2) is 5.82 Å². The first-order valence-corrected chi connectivity index (χ1v) is 13.5. The van der Waals surface area contributed by atoms with Crippen molar-refractivity contribution in [2.24, 2.45) is 0 Å². The summed E-state index contributed by atoms with van der Waals surface area (Å²) in [6, 6.07) is 10.5. The van der Waals surface area contributed by atoms with Gasteiger partial charge in [0.1, 0.15) is 10.8 Å². The molecule has 0 amide bonds. The fraction of sp³-hybridized carbons (Fsp3) is 0.333. The Morgan fingerprint density at radius 3 is 2.47 bits per heavy atom. The predicted octanol–water partition coefficient (Wildman–Crippen LogP) is 7.15. The van der Waals surface area contributed by atoms with E-state index in [1.807, 2.05) is 19.4 Å². The fourth-order valence-electron chi connectivity index (χ4n) is 3.94. The molecule has 5 nitrogen and oxygen atoms in total. The number of anilines is 4. The Morgan fingerprint density at radius 2 is 1.74 bits per heavy atom. The zero-order valence-electron chi connectivity index (χ0n) is 18.8. The van der Waals surface area contributed by atoms with Gasteiger partial charge in [0.25, 0.3) is 0 Å². The third kappa shape index (κ3) is 6.30. The number of fused-ring (bicyclic) bond motifs is 1. The summed E-state index contributed by atoms with van der Waals surface area (Å²) in [5, 5.41) is 7.39. The van der Waals surface area contributed by atoms with Crippen molar-refractivity contribution in [3.8, 4) is 5.75 Å². The molecule has 1 aromatic heterocycles. The van der Waals surface area contributed by atoms with Crippen LogP contribution < -0.4 is 20.7 Å². The van der Waals surface area contributed by atoms with Crippen LogP contribution in [0.2, 0.25) is 5.02 Å². The lowest BCUT2D eigenvalue weighted by atomic mass is 10.0. The summed E-state index contributed by atoms with van der Waals surface area (Å²) in [4.78, 5) is 8.79. The average molecular weight is 509 g/mol. The Kier molecular flexibility index (Phi) is 7.48. The lowest BCUT2D eigenvalue weighted by molar-refractivity contribution is -0.274. The number of aryl methyl sites for hydroxylation is 2. The summed E-state index contributed by atoms with van der Waals surface area (Å²) in [5.41, 5.74) is 4.25. The minimum Gasteiger partial charge on any atom is -0.406 e. The van der Waals surface area contributed by atoms with Gasteiger partial charge in [0, 0.05) is 16.7 Å². The summed E-state index contributed by atoms with van der Waals surface area (Å²) in [6.45, 7) is 3.89. The first-order chi connectivity index (χ1) is 16.2. The Bertz CT molecular complexity index is 1170. The van der Waals surface area contributed by atoms with Crippen molar-refractivity contribution in [1.29, 1.82) is 0 Å². The number of hydrogen-bond acceptors (Lipinski definition) is 5. The number of nitrogens with zero attached hydrogens (tertiary/aromatic N) is 2. The quantitative estimate of drug-likeness (QED) is 0.273. The minimum absolute atomic E-state index is 0.261. The molecule has 0 fully saturated rings. The van der Waals surface area contributed by atoms with Gasteiger partial charge in [-0.2, -0.15) is 4.98 Å². The molecule has 10 heteroatoms. The molecule has 0 saturated carbocycles. The molecule has 0 atom stereocenters. The van der Waals surface area contributed by atoms with Crippen molar-refractivity contribution in [3.05, 3.63) is 58.7 Å². The molecule has 1 heterocycles. The van der Waals surface area contributed by atoms with Crippen LogP contribution >= 0.6 is 19.5 Å². The molecular formula is C24H25ClF3N4OP. The molecule has 0 bridgehead atoms. The average Bonchev–Trinajstić information content (AvgIpc) is 3.01. The molecule has 0 spiro atoms. The van der Waals surface area contributed by atoms with Crippen molar-refractivity contribution < 1.29 is 17.9 Å². The number of hydrogen-bond donors (Lipinski definition) is 2. The Hall–Kier alpha value is -2.57. The number of benzene rings is 2. The van der Waals surface area contributed by atoms with Gasteiger partial charge in [-0.05, 0) is 80.5 Å². The van der Waals surface area contributed by atoms with Gasteiger partial charge in [-0.25, -0.2) is 4.98 Å².